The molecule has 0 bridgehead atoms. The lowest BCUT2D eigenvalue weighted by Crippen LogP contribution is -2.36. The number of piperidine rings is 1. The maximum Gasteiger partial charge on any atom is 0.419 e. The number of hydrogen-bond acceptors (Lipinski definition) is 5. The van der Waals surface area contributed by atoms with Gasteiger partial charge in [-0.2, -0.15) is 13.2 Å². The second-order valence-electron chi connectivity index (χ2n) is 9.40. The highest BCUT2D eigenvalue weighted by molar-refractivity contribution is 5.77. The van der Waals surface area contributed by atoms with E-state index in [9.17, 15) is 27.2 Å². The predicted molar refractivity (Wildman–Crippen MR) is 135 cm³/mol. The van der Waals surface area contributed by atoms with Crippen LogP contribution in [0.15, 0.2) is 48.7 Å². The van der Waals surface area contributed by atoms with Crippen LogP contribution in [0.25, 0.3) is 0 Å². The molecule has 39 heavy (non-hydrogen) atoms. The van der Waals surface area contributed by atoms with E-state index in [0.29, 0.717) is 48.9 Å². The van der Waals surface area contributed by atoms with E-state index in [1.165, 1.54) is 23.1 Å². The molecule has 8 nitrogen and oxygen atoms in total. The number of anilines is 2. The Kier molecular flexibility index (Phi) is 8.32. The zero-order valence-electron chi connectivity index (χ0n) is 20.8. The maximum atomic E-state index is 13.8. The molecule has 3 aromatic rings. The molecule has 0 aliphatic carbocycles. The van der Waals surface area contributed by atoms with Gasteiger partial charge in [0.05, 0.1) is 17.7 Å². The average molecular weight is 546 g/mol. The van der Waals surface area contributed by atoms with Gasteiger partial charge in [0.25, 0.3) is 0 Å². The van der Waals surface area contributed by atoms with Gasteiger partial charge in [0, 0.05) is 25.0 Å². The number of nitrogens with two attached hydrogens (primary N) is 1. The number of amides is 2. The van der Waals surface area contributed by atoms with Gasteiger partial charge in [-0.05, 0) is 72.6 Å². The number of likely N-dealkylation sites (tertiary alicyclic amines) is 1. The number of carboxylic acid groups (broad SMARTS) is 1. The van der Waals surface area contributed by atoms with E-state index in [-0.39, 0.29) is 36.8 Å². The number of carbonyl (C=O) groups excluding carboxylic acids is 1. The SMILES string of the molecule is NC(=O)Cc1ccc(F)cc1CCc1nc(Nc2ccc(C3CCN(C(=O)O)CC3)cc2)ncc1C(F)(F)F. The van der Waals surface area contributed by atoms with Gasteiger partial charge in [-0.1, -0.05) is 18.2 Å². The van der Waals surface area contributed by atoms with Gasteiger partial charge in [-0.15, -0.1) is 0 Å². The maximum absolute atomic E-state index is 13.8. The minimum atomic E-state index is -4.69. The number of carbonyl (C=O) groups is 2. The smallest absolute Gasteiger partial charge is 0.419 e. The molecule has 1 saturated heterocycles. The van der Waals surface area contributed by atoms with Crippen LogP contribution in [0.3, 0.4) is 0 Å². The van der Waals surface area contributed by atoms with Crippen LogP contribution in [-0.4, -0.2) is 45.1 Å². The van der Waals surface area contributed by atoms with Crippen LogP contribution in [0.5, 0.6) is 0 Å². The van der Waals surface area contributed by atoms with Gasteiger partial charge >= 0.3 is 12.3 Å². The summed E-state index contributed by atoms with van der Waals surface area (Å²) in [4.78, 5) is 31.8. The Morgan fingerprint density at radius 2 is 1.74 bits per heavy atom. The van der Waals surface area contributed by atoms with Crippen LogP contribution in [0.2, 0.25) is 0 Å². The first-order valence-corrected chi connectivity index (χ1v) is 12.3. The molecule has 0 radical (unpaired) electrons. The number of halogens is 4. The van der Waals surface area contributed by atoms with E-state index < -0.39 is 29.6 Å². The minimum absolute atomic E-state index is 0.00923. The van der Waals surface area contributed by atoms with Crippen LogP contribution in [0, 0.1) is 5.82 Å². The van der Waals surface area contributed by atoms with Crippen molar-refractivity contribution in [3.8, 4) is 0 Å². The third-order valence-electron chi connectivity index (χ3n) is 6.74. The highest BCUT2D eigenvalue weighted by Gasteiger charge is 2.35. The first-order chi connectivity index (χ1) is 18.5. The van der Waals surface area contributed by atoms with Crippen molar-refractivity contribution in [3.05, 3.63) is 82.4 Å². The van der Waals surface area contributed by atoms with Crippen molar-refractivity contribution in [1.82, 2.24) is 14.9 Å². The van der Waals surface area contributed by atoms with E-state index in [0.717, 1.165) is 5.56 Å². The molecule has 2 amide bonds. The third kappa shape index (κ3) is 7.21. The van der Waals surface area contributed by atoms with Crippen molar-refractivity contribution in [1.29, 1.82) is 0 Å². The summed E-state index contributed by atoms with van der Waals surface area (Å²) in [6.45, 7) is 0.920. The lowest BCUT2D eigenvalue weighted by atomic mass is 9.89. The summed E-state index contributed by atoms with van der Waals surface area (Å²) >= 11 is 0. The summed E-state index contributed by atoms with van der Waals surface area (Å²) in [7, 11) is 0. The number of aromatic nitrogens is 2. The second kappa shape index (κ2) is 11.7. The summed E-state index contributed by atoms with van der Waals surface area (Å²) in [6, 6.07) is 11.0. The van der Waals surface area contributed by atoms with E-state index in [1.54, 1.807) is 12.1 Å². The Morgan fingerprint density at radius 3 is 2.36 bits per heavy atom. The molecule has 1 aliphatic heterocycles. The zero-order valence-corrected chi connectivity index (χ0v) is 20.8. The molecule has 0 saturated carbocycles. The fraction of sp³-hybridized carbons (Fsp3) is 0.333. The predicted octanol–water partition coefficient (Wildman–Crippen LogP) is 5.05. The van der Waals surface area contributed by atoms with Gasteiger partial charge < -0.3 is 21.1 Å². The molecule has 206 valence electrons. The quantitative estimate of drug-likeness (QED) is 0.341. The van der Waals surface area contributed by atoms with Crippen molar-refractivity contribution in [3.63, 3.8) is 0 Å². The molecule has 1 aliphatic rings. The number of alkyl halides is 3. The normalized spacial score (nSPS) is 14.3. The molecular weight excluding hydrogens is 518 g/mol. The fourth-order valence-corrected chi connectivity index (χ4v) is 4.72. The summed E-state index contributed by atoms with van der Waals surface area (Å²) in [5.41, 5.74) is 6.42. The van der Waals surface area contributed by atoms with Crippen LogP contribution >= 0.6 is 0 Å². The molecule has 0 atom stereocenters. The molecule has 0 unspecified atom stereocenters. The number of benzene rings is 2. The van der Waals surface area contributed by atoms with Gasteiger partial charge in [-0.3, -0.25) is 4.79 Å². The molecule has 1 fully saturated rings. The number of hydrogen-bond donors (Lipinski definition) is 3. The van der Waals surface area contributed by atoms with Gasteiger partial charge in [0.2, 0.25) is 11.9 Å². The summed E-state index contributed by atoms with van der Waals surface area (Å²) < 4.78 is 54.9. The van der Waals surface area contributed by atoms with Gasteiger partial charge in [0.1, 0.15) is 5.82 Å². The number of rotatable bonds is 8. The van der Waals surface area contributed by atoms with E-state index in [1.807, 2.05) is 12.1 Å². The zero-order chi connectivity index (χ0) is 28.2. The van der Waals surface area contributed by atoms with Crippen LogP contribution in [-0.2, 0) is 30.2 Å². The highest BCUT2D eigenvalue weighted by Crippen LogP contribution is 2.33. The van der Waals surface area contributed by atoms with Crippen molar-refractivity contribution in [2.24, 2.45) is 5.73 Å². The Balaban J connectivity index is 1.49. The molecule has 2 heterocycles. The highest BCUT2D eigenvalue weighted by atomic mass is 19.4. The summed E-state index contributed by atoms with van der Waals surface area (Å²) in [5.74, 6) is -1.03. The minimum Gasteiger partial charge on any atom is -0.465 e. The van der Waals surface area contributed by atoms with Crippen molar-refractivity contribution in [2.75, 3.05) is 18.4 Å². The molecule has 0 spiro atoms. The van der Waals surface area contributed by atoms with Crippen molar-refractivity contribution < 1.29 is 32.3 Å². The lowest BCUT2D eigenvalue weighted by Gasteiger charge is -2.30. The van der Waals surface area contributed by atoms with E-state index in [4.69, 9.17) is 10.8 Å². The summed E-state index contributed by atoms with van der Waals surface area (Å²) in [6.07, 6.45) is -3.81. The lowest BCUT2D eigenvalue weighted by molar-refractivity contribution is -0.138. The van der Waals surface area contributed by atoms with Crippen LogP contribution < -0.4 is 11.1 Å². The largest absolute Gasteiger partial charge is 0.465 e. The Labute approximate surface area is 221 Å². The monoisotopic (exact) mass is 545 g/mol. The average Bonchev–Trinajstić information content (AvgIpc) is 2.88. The third-order valence-corrected chi connectivity index (χ3v) is 6.74. The number of nitrogens with zero attached hydrogens (tertiary/aromatic N) is 3. The van der Waals surface area contributed by atoms with Gasteiger partial charge in [0.15, 0.2) is 0 Å². The number of nitrogens with one attached hydrogen (secondary N) is 1. The summed E-state index contributed by atoms with van der Waals surface area (Å²) in [5, 5.41) is 12.0. The molecule has 1 aromatic heterocycles. The Bertz CT molecular complexity index is 1340. The fourth-order valence-electron chi connectivity index (χ4n) is 4.72. The Hall–Kier alpha value is -4.22. The van der Waals surface area contributed by atoms with Crippen molar-refractivity contribution >= 4 is 23.6 Å². The topological polar surface area (TPSA) is 121 Å². The van der Waals surface area contributed by atoms with E-state index >= 15 is 0 Å². The van der Waals surface area contributed by atoms with Gasteiger partial charge in [-0.25, -0.2) is 19.2 Å². The first kappa shape index (κ1) is 27.8. The first-order valence-electron chi connectivity index (χ1n) is 12.3. The van der Waals surface area contributed by atoms with Crippen LogP contribution in [0.1, 0.15) is 46.7 Å². The van der Waals surface area contributed by atoms with E-state index in [2.05, 4.69) is 15.3 Å². The Morgan fingerprint density at radius 1 is 1.05 bits per heavy atom. The molecular formula is C27H27F4N5O3. The molecule has 12 heteroatoms. The number of primary amides is 1. The molecule has 2 aromatic carbocycles. The molecule has 4 rings (SSSR count). The molecule has 4 N–H and O–H groups in total. The number of aryl methyl sites for hydroxylation is 2. The van der Waals surface area contributed by atoms with Crippen molar-refractivity contribution in [2.45, 2.75) is 44.2 Å². The second-order valence-corrected chi connectivity index (χ2v) is 9.40. The standard InChI is InChI=1S/C27H27F4N5O3/c28-20-5-1-19(14-24(32)37)18(13-20)4-8-23-22(27(29,30)31)15-33-25(35-23)34-21-6-2-16(3-7-21)17-9-11-36(12-10-17)26(38)39/h1-3,5-7,13,15,17H,4,8-12,14H2,(H2,32,37)(H,38,39)(H,33,34,35). The van der Waals surface area contributed by atoms with Crippen LogP contribution in [0.4, 0.5) is 34.0 Å².